The van der Waals surface area contributed by atoms with Gasteiger partial charge in [-0.15, -0.1) is 11.8 Å². The van der Waals surface area contributed by atoms with E-state index < -0.39 is 10.0 Å². The first kappa shape index (κ1) is 21.1. The Balaban J connectivity index is 1.56. The van der Waals surface area contributed by atoms with Crippen molar-refractivity contribution in [2.45, 2.75) is 23.1 Å². The number of para-hydroxylation sites is 1. The summed E-state index contributed by atoms with van der Waals surface area (Å²) in [5.41, 5.74) is 1.16. The Bertz CT molecular complexity index is 1050. The SMILES string of the molecule is CC(=O)N1CCCSc2ccc(S(=O)(=O)N3CCN(c4ccccc4F)CC3)cc21. The van der Waals surface area contributed by atoms with Gasteiger partial charge in [0.15, 0.2) is 0 Å². The number of halogens is 1. The Morgan fingerprint density at radius 2 is 1.73 bits per heavy atom. The van der Waals surface area contributed by atoms with Crippen LogP contribution in [0.5, 0.6) is 0 Å². The maximum absolute atomic E-state index is 14.1. The summed E-state index contributed by atoms with van der Waals surface area (Å²) in [5, 5.41) is 0. The van der Waals surface area contributed by atoms with E-state index in [0.717, 1.165) is 17.1 Å². The molecule has 0 aromatic heterocycles. The van der Waals surface area contributed by atoms with Gasteiger partial charge in [0.05, 0.1) is 16.3 Å². The molecule has 0 spiro atoms. The molecule has 0 aliphatic carbocycles. The molecule has 9 heteroatoms. The second-order valence-corrected chi connectivity index (χ2v) is 10.4. The lowest BCUT2D eigenvalue weighted by Gasteiger charge is -2.35. The fraction of sp³-hybridized carbons (Fsp3) is 0.381. The molecule has 160 valence electrons. The topological polar surface area (TPSA) is 60.9 Å². The molecule has 2 heterocycles. The van der Waals surface area contributed by atoms with Crippen molar-refractivity contribution in [1.29, 1.82) is 0 Å². The zero-order chi connectivity index (χ0) is 21.3. The molecule has 1 saturated heterocycles. The summed E-state index contributed by atoms with van der Waals surface area (Å²) in [6, 6.07) is 11.6. The predicted octanol–water partition coefficient (Wildman–Crippen LogP) is 3.19. The molecule has 0 N–H and O–H groups in total. The average Bonchev–Trinajstić information content (AvgIpc) is 2.96. The largest absolute Gasteiger partial charge is 0.367 e. The summed E-state index contributed by atoms with van der Waals surface area (Å²) in [6.07, 6.45) is 0.860. The first-order valence-corrected chi connectivity index (χ1v) is 12.3. The lowest BCUT2D eigenvalue weighted by Crippen LogP contribution is -2.48. The summed E-state index contributed by atoms with van der Waals surface area (Å²) in [6.45, 7) is 3.47. The molecule has 2 aromatic carbocycles. The van der Waals surface area contributed by atoms with Gasteiger partial charge in [-0.1, -0.05) is 12.1 Å². The Morgan fingerprint density at radius 1 is 1.00 bits per heavy atom. The number of fused-ring (bicyclic) bond motifs is 1. The molecule has 0 radical (unpaired) electrons. The van der Waals surface area contributed by atoms with Crippen LogP contribution in [0.2, 0.25) is 0 Å². The minimum Gasteiger partial charge on any atom is -0.367 e. The van der Waals surface area contributed by atoms with Crippen molar-refractivity contribution >= 4 is 39.1 Å². The lowest BCUT2D eigenvalue weighted by molar-refractivity contribution is -0.116. The zero-order valence-electron chi connectivity index (χ0n) is 16.8. The standard InChI is InChI=1S/C21H24FN3O3S2/c1-16(26)25-9-4-14-29-21-8-7-17(15-20(21)25)30(27,28)24-12-10-23(11-13-24)19-6-3-2-5-18(19)22/h2-3,5-8,15H,4,9-14H2,1H3. The summed E-state index contributed by atoms with van der Waals surface area (Å²) >= 11 is 1.64. The number of rotatable bonds is 3. The number of hydrogen-bond acceptors (Lipinski definition) is 5. The molecule has 4 rings (SSSR count). The average molecular weight is 450 g/mol. The quantitative estimate of drug-likeness (QED) is 0.720. The van der Waals surface area contributed by atoms with E-state index in [1.54, 1.807) is 53.1 Å². The predicted molar refractivity (Wildman–Crippen MR) is 117 cm³/mol. The fourth-order valence-corrected chi connectivity index (χ4v) is 6.29. The maximum atomic E-state index is 14.1. The molecular weight excluding hydrogens is 425 g/mol. The van der Waals surface area contributed by atoms with Gasteiger partial charge in [0.1, 0.15) is 5.82 Å². The van der Waals surface area contributed by atoms with E-state index in [0.29, 0.717) is 31.0 Å². The van der Waals surface area contributed by atoms with Crippen molar-refractivity contribution in [3.63, 3.8) is 0 Å². The number of piperazine rings is 1. The number of carbonyl (C=O) groups excluding carboxylic acids is 1. The number of carbonyl (C=O) groups is 1. The summed E-state index contributed by atoms with van der Waals surface area (Å²) in [7, 11) is -3.71. The molecule has 0 bridgehead atoms. The first-order valence-electron chi connectivity index (χ1n) is 9.92. The summed E-state index contributed by atoms with van der Waals surface area (Å²) in [5.74, 6) is 0.495. The lowest BCUT2D eigenvalue weighted by atomic mass is 10.2. The van der Waals surface area contributed by atoms with Crippen molar-refractivity contribution in [3.8, 4) is 0 Å². The highest BCUT2D eigenvalue weighted by Gasteiger charge is 2.31. The number of hydrogen-bond donors (Lipinski definition) is 0. The van der Waals surface area contributed by atoms with Crippen molar-refractivity contribution in [1.82, 2.24) is 4.31 Å². The molecule has 30 heavy (non-hydrogen) atoms. The highest BCUT2D eigenvalue weighted by atomic mass is 32.2. The molecule has 0 saturated carbocycles. The van der Waals surface area contributed by atoms with Crippen LogP contribution in [0.15, 0.2) is 52.3 Å². The Morgan fingerprint density at radius 3 is 2.43 bits per heavy atom. The third kappa shape index (κ3) is 4.06. The summed E-state index contributed by atoms with van der Waals surface area (Å²) < 4.78 is 42.0. The van der Waals surface area contributed by atoms with Crippen molar-refractivity contribution in [2.75, 3.05) is 48.3 Å². The monoisotopic (exact) mass is 449 g/mol. The number of sulfonamides is 1. The summed E-state index contributed by atoms with van der Waals surface area (Å²) in [4.78, 5) is 16.7. The van der Waals surface area contributed by atoms with Crippen LogP contribution in [0, 0.1) is 5.82 Å². The van der Waals surface area contributed by atoms with Gasteiger partial charge in [-0.3, -0.25) is 4.79 Å². The van der Waals surface area contributed by atoms with E-state index in [1.165, 1.54) is 17.3 Å². The second-order valence-electron chi connectivity index (χ2n) is 7.34. The third-order valence-corrected chi connectivity index (χ3v) is 8.50. The highest BCUT2D eigenvalue weighted by molar-refractivity contribution is 7.99. The minimum absolute atomic E-state index is 0.0909. The van der Waals surface area contributed by atoms with Crippen molar-refractivity contribution < 1.29 is 17.6 Å². The van der Waals surface area contributed by atoms with E-state index in [-0.39, 0.29) is 29.7 Å². The molecule has 6 nitrogen and oxygen atoms in total. The normalized spacial score (nSPS) is 18.1. The number of nitrogens with zero attached hydrogens (tertiary/aromatic N) is 3. The molecule has 2 aromatic rings. The molecule has 1 amide bonds. The van der Waals surface area contributed by atoms with Gasteiger partial charge >= 0.3 is 0 Å². The van der Waals surface area contributed by atoms with Gasteiger partial charge < -0.3 is 9.80 Å². The maximum Gasteiger partial charge on any atom is 0.243 e. The zero-order valence-corrected chi connectivity index (χ0v) is 18.4. The van der Waals surface area contributed by atoms with Crippen molar-refractivity contribution in [3.05, 3.63) is 48.3 Å². The molecule has 0 atom stereocenters. The van der Waals surface area contributed by atoms with Crippen LogP contribution >= 0.6 is 11.8 Å². The number of thioether (sulfide) groups is 1. The highest BCUT2D eigenvalue weighted by Crippen LogP contribution is 2.36. The molecule has 2 aliphatic heterocycles. The first-order chi connectivity index (χ1) is 14.4. The van der Waals surface area contributed by atoms with Crippen LogP contribution in [-0.4, -0.2) is 57.1 Å². The van der Waals surface area contributed by atoms with Gasteiger partial charge in [-0.2, -0.15) is 4.31 Å². The van der Waals surface area contributed by atoms with E-state index in [9.17, 15) is 17.6 Å². The van der Waals surface area contributed by atoms with Crippen LogP contribution < -0.4 is 9.80 Å². The smallest absolute Gasteiger partial charge is 0.243 e. The van der Waals surface area contributed by atoms with Crippen LogP contribution in [0.1, 0.15) is 13.3 Å². The van der Waals surface area contributed by atoms with E-state index in [1.807, 2.05) is 4.90 Å². The number of amides is 1. The molecule has 2 aliphatic rings. The van der Waals surface area contributed by atoms with Crippen molar-refractivity contribution in [2.24, 2.45) is 0 Å². The van der Waals surface area contributed by atoms with Gasteiger partial charge in [0, 0.05) is 44.5 Å². The van der Waals surface area contributed by atoms with Crippen LogP contribution in [0.4, 0.5) is 15.8 Å². The Hall–Kier alpha value is -2.10. The third-order valence-electron chi connectivity index (χ3n) is 5.45. The van der Waals surface area contributed by atoms with Crippen LogP contribution in [0.25, 0.3) is 0 Å². The van der Waals surface area contributed by atoms with E-state index in [4.69, 9.17) is 0 Å². The Kier molecular flexibility index (Phi) is 6.04. The number of anilines is 2. The molecule has 1 fully saturated rings. The van der Waals surface area contributed by atoms with Gasteiger partial charge in [0.25, 0.3) is 0 Å². The van der Waals surface area contributed by atoms with Gasteiger partial charge in [-0.25, -0.2) is 12.8 Å². The Labute approximate surface area is 180 Å². The number of benzene rings is 2. The second kappa shape index (κ2) is 8.56. The fourth-order valence-electron chi connectivity index (χ4n) is 3.87. The van der Waals surface area contributed by atoms with Crippen LogP contribution in [-0.2, 0) is 14.8 Å². The van der Waals surface area contributed by atoms with E-state index in [2.05, 4.69) is 0 Å². The minimum atomic E-state index is -3.71. The molecular formula is C21H24FN3O3S2. The van der Waals surface area contributed by atoms with E-state index >= 15 is 0 Å². The molecule has 0 unspecified atom stereocenters. The van der Waals surface area contributed by atoms with Gasteiger partial charge in [0.2, 0.25) is 15.9 Å². The van der Waals surface area contributed by atoms with Gasteiger partial charge in [-0.05, 0) is 42.5 Å². The van der Waals surface area contributed by atoms with Crippen LogP contribution in [0.3, 0.4) is 0 Å².